The summed E-state index contributed by atoms with van der Waals surface area (Å²) in [6.45, 7) is 2.84. The predicted octanol–water partition coefficient (Wildman–Crippen LogP) is 2.54. The lowest BCUT2D eigenvalue weighted by molar-refractivity contribution is -0.121. The summed E-state index contributed by atoms with van der Waals surface area (Å²) >= 11 is 1.13. The van der Waals surface area contributed by atoms with E-state index in [1.54, 1.807) is 12.1 Å². The molecule has 0 bridgehead atoms. The van der Waals surface area contributed by atoms with Gasteiger partial charge in [0.1, 0.15) is 11.0 Å². The van der Waals surface area contributed by atoms with Crippen molar-refractivity contribution in [3.05, 3.63) is 24.3 Å². The molecule has 0 spiro atoms. The number of carbonyl (C=O) groups excluding carboxylic acids is 2. The lowest BCUT2D eigenvalue weighted by atomic mass is 10.2. The van der Waals surface area contributed by atoms with E-state index in [2.05, 4.69) is 17.2 Å². The van der Waals surface area contributed by atoms with E-state index in [-0.39, 0.29) is 23.4 Å². The molecule has 1 aromatic rings. The van der Waals surface area contributed by atoms with Gasteiger partial charge >= 0.3 is 0 Å². The summed E-state index contributed by atoms with van der Waals surface area (Å²) in [6.07, 6.45) is 3.41. The Labute approximate surface area is 139 Å². The van der Waals surface area contributed by atoms with E-state index in [9.17, 15) is 9.59 Å². The van der Waals surface area contributed by atoms with Crippen LogP contribution in [-0.4, -0.2) is 28.8 Å². The number of ether oxygens (including phenoxy) is 1. The number of amidine groups is 1. The average molecular weight is 335 g/mol. The summed E-state index contributed by atoms with van der Waals surface area (Å²) in [5.74, 6) is 0.192. The van der Waals surface area contributed by atoms with E-state index in [1.807, 2.05) is 12.1 Å². The molecule has 6 nitrogen and oxygen atoms in total. The van der Waals surface area contributed by atoms with Gasteiger partial charge in [-0.1, -0.05) is 31.5 Å². The molecule has 1 heterocycles. The molecule has 1 aromatic carbocycles. The summed E-state index contributed by atoms with van der Waals surface area (Å²) in [5.41, 5.74) is 6.13. The van der Waals surface area contributed by atoms with E-state index in [4.69, 9.17) is 10.5 Å². The molecule has 2 rings (SSSR count). The van der Waals surface area contributed by atoms with Crippen LogP contribution in [-0.2, 0) is 9.59 Å². The Bertz CT molecular complexity index is 587. The molecule has 1 aliphatic heterocycles. The number of benzene rings is 1. The van der Waals surface area contributed by atoms with Crippen molar-refractivity contribution >= 4 is 34.4 Å². The minimum absolute atomic E-state index is 0.0585. The van der Waals surface area contributed by atoms with Crippen molar-refractivity contribution < 1.29 is 14.3 Å². The van der Waals surface area contributed by atoms with Crippen molar-refractivity contribution in [2.75, 3.05) is 11.9 Å². The number of hydrogen-bond donors (Lipinski definition) is 2. The van der Waals surface area contributed by atoms with Gasteiger partial charge in [-0.15, -0.1) is 0 Å². The highest BCUT2D eigenvalue weighted by Crippen LogP contribution is 2.23. The zero-order chi connectivity index (χ0) is 16.7. The molecule has 1 aliphatic rings. The van der Waals surface area contributed by atoms with Gasteiger partial charge in [-0.3, -0.25) is 9.59 Å². The number of nitrogens with zero attached hydrogens (tertiary/aromatic N) is 1. The molecule has 0 aliphatic carbocycles. The third kappa shape index (κ3) is 5.59. The number of rotatable bonds is 8. The van der Waals surface area contributed by atoms with Crippen LogP contribution in [0, 0.1) is 0 Å². The monoisotopic (exact) mass is 335 g/mol. The fraction of sp³-hybridized carbons (Fsp3) is 0.438. The van der Waals surface area contributed by atoms with Crippen molar-refractivity contribution in [1.29, 1.82) is 0 Å². The van der Waals surface area contributed by atoms with Crippen molar-refractivity contribution in [1.82, 2.24) is 0 Å². The summed E-state index contributed by atoms with van der Waals surface area (Å²) in [4.78, 5) is 27.0. The molecule has 1 atom stereocenters. The summed E-state index contributed by atoms with van der Waals surface area (Å²) in [7, 11) is 0. The first-order valence-corrected chi connectivity index (χ1v) is 8.54. The summed E-state index contributed by atoms with van der Waals surface area (Å²) in [6, 6.07) is 7.19. The second-order valence-corrected chi connectivity index (χ2v) is 6.45. The Balaban J connectivity index is 1.77. The normalized spacial score (nSPS) is 17.0. The number of carbonyl (C=O) groups is 2. The van der Waals surface area contributed by atoms with Gasteiger partial charge in [0.15, 0.2) is 5.17 Å². The molecule has 0 saturated heterocycles. The van der Waals surface area contributed by atoms with Crippen molar-refractivity contribution in [3.8, 4) is 5.75 Å². The predicted molar refractivity (Wildman–Crippen MR) is 92.7 cm³/mol. The van der Waals surface area contributed by atoms with Crippen LogP contribution in [0.25, 0.3) is 0 Å². The molecule has 0 unspecified atom stereocenters. The maximum absolute atomic E-state index is 11.9. The molecule has 3 N–H and O–H groups in total. The molecule has 0 aromatic heterocycles. The number of aliphatic imine (C=N–C) groups is 1. The molecule has 7 heteroatoms. The van der Waals surface area contributed by atoms with E-state index < -0.39 is 5.25 Å². The zero-order valence-corrected chi connectivity index (χ0v) is 13.9. The molecule has 2 amide bonds. The van der Waals surface area contributed by atoms with Gasteiger partial charge < -0.3 is 15.8 Å². The van der Waals surface area contributed by atoms with Crippen molar-refractivity contribution in [2.24, 2.45) is 10.7 Å². The topological polar surface area (TPSA) is 93.8 Å². The van der Waals surface area contributed by atoms with Gasteiger partial charge in [0, 0.05) is 12.1 Å². The fourth-order valence-corrected chi connectivity index (χ4v) is 2.91. The molecular weight excluding hydrogens is 314 g/mol. The van der Waals surface area contributed by atoms with Crippen molar-refractivity contribution in [3.63, 3.8) is 0 Å². The van der Waals surface area contributed by atoms with E-state index >= 15 is 0 Å². The number of nitrogens with two attached hydrogens (primary N) is 1. The van der Waals surface area contributed by atoms with Crippen LogP contribution in [0.2, 0.25) is 0 Å². The highest BCUT2D eigenvalue weighted by Gasteiger charge is 2.29. The highest BCUT2D eigenvalue weighted by molar-refractivity contribution is 8.15. The van der Waals surface area contributed by atoms with Gasteiger partial charge in [-0.2, -0.15) is 4.99 Å². The first-order valence-electron chi connectivity index (χ1n) is 7.66. The molecule has 0 saturated carbocycles. The van der Waals surface area contributed by atoms with Gasteiger partial charge in [0.05, 0.1) is 6.61 Å². The van der Waals surface area contributed by atoms with E-state index in [1.165, 1.54) is 0 Å². The number of hydrogen-bond acceptors (Lipinski definition) is 5. The average Bonchev–Trinajstić information content (AvgIpc) is 2.83. The van der Waals surface area contributed by atoms with Gasteiger partial charge in [-0.05, 0) is 30.7 Å². The van der Waals surface area contributed by atoms with Crippen LogP contribution in [0.1, 0.15) is 32.6 Å². The lowest BCUT2D eigenvalue weighted by Gasteiger charge is -2.09. The van der Waals surface area contributed by atoms with Crippen LogP contribution in [0.3, 0.4) is 0 Å². The summed E-state index contributed by atoms with van der Waals surface area (Å²) in [5, 5.41) is 2.46. The molecule has 124 valence electrons. The Morgan fingerprint density at radius 3 is 2.70 bits per heavy atom. The Morgan fingerprint density at radius 2 is 2.09 bits per heavy atom. The highest BCUT2D eigenvalue weighted by atomic mass is 32.2. The minimum atomic E-state index is -0.517. The first-order chi connectivity index (χ1) is 11.1. The SMILES string of the molecule is CCCCCOc1ccc(NC(=O)C[C@H]2SC(N)=NC2=O)cc1. The van der Waals surface area contributed by atoms with E-state index in [0.29, 0.717) is 12.3 Å². The molecule has 0 fully saturated rings. The Kier molecular flexibility index (Phi) is 6.46. The third-order valence-electron chi connectivity index (χ3n) is 3.28. The second-order valence-electron chi connectivity index (χ2n) is 5.23. The first kappa shape index (κ1) is 17.3. The zero-order valence-electron chi connectivity index (χ0n) is 13.1. The number of amides is 2. The number of thioether (sulfide) groups is 1. The quantitative estimate of drug-likeness (QED) is 0.712. The number of anilines is 1. The number of nitrogens with one attached hydrogen (secondary N) is 1. The fourth-order valence-electron chi connectivity index (χ4n) is 2.09. The Morgan fingerprint density at radius 1 is 1.35 bits per heavy atom. The van der Waals surface area contributed by atoms with Crippen molar-refractivity contribution in [2.45, 2.75) is 37.9 Å². The maximum Gasteiger partial charge on any atom is 0.262 e. The third-order valence-corrected chi connectivity index (χ3v) is 4.27. The molecule has 23 heavy (non-hydrogen) atoms. The van der Waals surface area contributed by atoms with Gasteiger partial charge in [0.2, 0.25) is 5.91 Å². The smallest absolute Gasteiger partial charge is 0.262 e. The standard InChI is InChI=1S/C16H21N3O3S/c1-2-3-4-9-22-12-7-5-11(6-8-12)18-14(20)10-13-15(21)19-16(17)23-13/h5-8,13H,2-4,9-10H2,1H3,(H,18,20)(H2,17,19,21)/t13-/m1/s1. The largest absolute Gasteiger partial charge is 0.494 e. The summed E-state index contributed by atoms with van der Waals surface area (Å²) < 4.78 is 5.61. The number of unbranched alkanes of at least 4 members (excludes halogenated alkanes) is 2. The van der Waals surface area contributed by atoms with Crippen LogP contribution in [0.4, 0.5) is 5.69 Å². The van der Waals surface area contributed by atoms with Crippen LogP contribution >= 0.6 is 11.8 Å². The van der Waals surface area contributed by atoms with Crippen LogP contribution in [0.5, 0.6) is 5.75 Å². The lowest BCUT2D eigenvalue weighted by Crippen LogP contribution is -2.21. The second kappa shape index (κ2) is 8.57. The Hall–Kier alpha value is -2.02. The van der Waals surface area contributed by atoms with Gasteiger partial charge in [-0.25, -0.2) is 0 Å². The maximum atomic E-state index is 11.9. The van der Waals surface area contributed by atoms with Gasteiger partial charge in [0.25, 0.3) is 5.91 Å². The van der Waals surface area contributed by atoms with E-state index in [0.717, 1.165) is 36.8 Å². The van der Waals surface area contributed by atoms with Crippen LogP contribution < -0.4 is 15.8 Å². The molecule has 0 radical (unpaired) electrons. The minimum Gasteiger partial charge on any atom is -0.494 e. The van der Waals surface area contributed by atoms with Crippen LogP contribution in [0.15, 0.2) is 29.3 Å². The molecular formula is C16H21N3O3S.